The van der Waals surface area contributed by atoms with Crippen molar-refractivity contribution in [3.05, 3.63) is 144 Å². The van der Waals surface area contributed by atoms with Crippen LogP contribution < -0.4 is 21.3 Å². The van der Waals surface area contributed by atoms with Gasteiger partial charge in [0.2, 0.25) is 23.6 Å². The van der Waals surface area contributed by atoms with Gasteiger partial charge in [0.05, 0.1) is 37.5 Å². The van der Waals surface area contributed by atoms with Crippen molar-refractivity contribution in [3.63, 3.8) is 0 Å². The van der Waals surface area contributed by atoms with Gasteiger partial charge >= 0.3 is 12.2 Å². The van der Waals surface area contributed by atoms with Crippen LogP contribution >= 0.6 is 0 Å². The predicted molar refractivity (Wildman–Crippen MR) is 298 cm³/mol. The average Bonchev–Trinajstić information content (AvgIpc) is 4.16. The largest absolute Gasteiger partial charge is 0.445 e. The number of carbonyl (C=O) groups is 6. The molecule has 6 amide bonds. The average molecular weight is 1080 g/mol. The van der Waals surface area contributed by atoms with Gasteiger partial charge in [0.25, 0.3) is 0 Å². The third-order valence-corrected chi connectivity index (χ3v) is 14.7. The van der Waals surface area contributed by atoms with Gasteiger partial charge in [-0.2, -0.15) is 0 Å². The second-order valence-electron chi connectivity index (χ2n) is 20.2. The molecule has 2 aliphatic heterocycles. The zero-order chi connectivity index (χ0) is 55.8. The topological polar surface area (TPSA) is 200 Å². The Bertz CT molecular complexity index is 2310. The molecule has 0 bridgehead atoms. The van der Waals surface area contributed by atoms with Crippen LogP contribution in [0, 0.1) is 0 Å². The van der Waals surface area contributed by atoms with E-state index in [1.807, 2.05) is 121 Å². The quantitative estimate of drug-likeness (QED) is 0.0483. The van der Waals surface area contributed by atoms with Gasteiger partial charge in [0, 0.05) is 51.4 Å². The highest BCUT2D eigenvalue weighted by atomic mass is 16.6. The number of hydrogen-bond acceptors (Lipinski definition) is 12. The summed E-state index contributed by atoms with van der Waals surface area (Å²) in [5.41, 5.74) is 3.84. The van der Waals surface area contributed by atoms with E-state index in [0.717, 1.165) is 22.3 Å². The van der Waals surface area contributed by atoms with Crippen LogP contribution in [0.3, 0.4) is 0 Å². The normalized spacial score (nSPS) is 17.5. The molecular formula is C60H82N8O10. The Hall–Kier alpha value is -6.86. The van der Waals surface area contributed by atoms with Gasteiger partial charge < -0.3 is 59.8 Å². The summed E-state index contributed by atoms with van der Waals surface area (Å²) in [7, 11) is 3.32. The van der Waals surface area contributed by atoms with Crippen LogP contribution in [0.1, 0.15) is 75.6 Å². The number of amides is 6. The molecule has 0 spiro atoms. The van der Waals surface area contributed by atoms with Crippen molar-refractivity contribution < 1.29 is 47.7 Å². The van der Waals surface area contributed by atoms with Crippen LogP contribution in [-0.2, 0) is 64.2 Å². The zero-order valence-electron chi connectivity index (χ0n) is 46.4. The lowest BCUT2D eigenvalue weighted by Crippen LogP contribution is -2.59. The number of likely N-dealkylation sites (N-methyl/N-ethyl adjacent to an activating group) is 2. The molecule has 0 aromatic heterocycles. The number of nitrogens with zero attached hydrogens (tertiary/aromatic N) is 4. The Morgan fingerprint density at radius 1 is 0.513 bits per heavy atom. The first kappa shape index (κ1) is 60.4. The van der Waals surface area contributed by atoms with E-state index in [9.17, 15) is 28.8 Å². The molecule has 2 heterocycles. The summed E-state index contributed by atoms with van der Waals surface area (Å²) in [6.45, 7) is 9.05. The van der Waals surface area contributed by atoms with Crippen molar-refractivity contribution in [2.24, 2.45) is 0 Å². The Labute approximate surface area is 460 Å². The van der Waals surface area contributed by atoms with Crippen LogP contribution in [0.5, 0.6) is 0 Å². The molecule has 0 saturated carbocycles. The van der Waals surface area contributed by atoms with Gasteiger partial charge in [-0.05, 0) is 103 Å². The Morgan fingerprint density at radius 3 is 1.18 bits per heavy atom. The number of hydrogen-bond donors (Lipinski definition) is 4. The second-order valence-corrected chi connectivity index (χ2v) is 20.2. The SMILES string of the molecule is CN[C@@H](C)C(=O)N[C@H](C(=O)N1CCC[C@H]1CN(CCc1ccccc1)C(=O)OCc1ccccc1)[C@@H](C)OCCO[C@H](C)[C@H](NC(=O)[C@H](C)NC)C(=O)N1CCC[C@H]1CN(CCc1ccccc1)C(=O)OCc1ccccc1. The molecule has 2 saturated heterocycles. The molecule has 18 heteroatoms. The molecule has 2 fully saturated rings. The molecule has 8 atom stereocenters. The first-order chi connectivity index (χ1) is 37.8. The van der Waals surface area contributed by atoms with E-state index in [-0.39, 0.29) is 63.4 Å². The van der Waals surface area contributed by atoms with Crippen molar-refractivity contribution >= 4 is 35.8 Å². The summed E-state index contributed by atoms with van der Waals surface area (Å²) in [6, 6.07) is 34.6. The van der Waals surface area contributed by atoms with Crippen LogP contribution in [0.2, 0.25) is 0 Å². The molecule has 4 aromatic rings. The van der Waals surface area contributed by atoms with Gasteiger partial charge in [-0.25, -0.2) is 9.59 Å². The fourth-order valence-corrected chi connectivity index (χ4v) is 9.69. The summed E-state index contributed by atoms with van der Waals surface area (Å²) in [6.07, 6.45) is 1.23. The number of rotatable bonds is 29. The van der Waals surface area contributed by atoms with Crippen molar-refractivity contribution in [1.82, 2.24) is 40.9 Å². The molecule has 0 unspecified atom stereocenters. The molecular weight excluding hydrogens is 993 g/mol. The number of nitrogens with one attached hydrogen (secondary N) is 4. The van der Waals surface area contributed by atoms with E-state index in [1.54, 1.807) is 61.4 Å². The number of likely N-dealkylation sites (tertiary alicyclic amines) is 2. The van der Waals surface area contributed by atoms with E-state index in [4.69, 9.17) is 18.9 Å². The minimum absolute atomic E-state index is 0.0216. The minimum atomic E-state index is -1.10. The van der Waals surface area contributed by atoms with E-state index >= 15 is 0 Å². The fraction of sp³-hybridized carbons (Fsp3) is 0.500. The minimum Gasteiger partial charge on any atom is -0.445 e. The number of benzene rings is 4. The third kappa shape index (κ3) is 18.4. The molecule has 2 aliphatic rings. The van der Waals surface area contributed by atoms with Gasteiger partial charge in [-0.15, -0.1) is 0 Å². The van der Waals surface area contributed by atoms with E-state index in [1.165, 1.54) is 0 Å². The fourth-order valence-electron chi connectivity index (χ4n) is 9.69. The highest BCUT2D eigenvalue weighted by molar-refractivity contribution is 5.91. The number of carbonyl (C=O) groups excluding carboxylic acids is 6. The van der Waals surface area contributed by atoms with Crippen LogP contribution in [-0.4, -0.2) is 170 Å². The second kappa shape index (κ2) is 31.5. The Morgan fingerprint density at radius 2 is 0.846 bits per heavy atom. The first-order valence-corrected chi connectivity index (χ1v) is 27.5. The smallest absolute Gasteiger partial charge is 0.410 e. The summed E-state index contributed by atoms with van der Waals surface area (Å²) in [4.78, 5) is 90.8. The van der Waals surface area contributed by atoms with Crippen LogP contribution in [0.4, 0.5) is 9.59 Å². The molecule has 0 radical (unpaired) electrons. The first-order valence-electron chi connectivity index (χ1n) is 27.5. The molecule has 78 heavy (non-hydrogen) atoms. The van der Waals surface area contributed by atoms with Crippen molar-refractivity contribution in [3.8, 4) is 0 Å². The molecule has 6 rings (SSSR count). The van der Waals surface area contributed by atoms with Crippen LogP contribution in [0.15, 0.2) is 121 Å². The van der Waals surface area contributed by atoms with Gasteiger partial charge in [-0.1, -0.05) is 121 Å². The third-order valence-electron chi connectivity index (χ3n) is 14.7. The summed E-state index contributed by atoms with van der Waals surface area (Å²) >= 11 is 0. The maximum Gasteiger partial charge on any atom is 0.410 e. The van der Waals surface area contributed by atoms with E-state index in [0.29, 0.717) is 64.7 Å². The lowest BCUT2D eigenvalue weighted by atomic mass is 10.1. The monoisotopic (exact) mass is 1070 g/mol. The van der Waals surface area contributed by atoms with Crippen molar-refractivity contribution in [1.29, 1.82) is 0 Å². The molecule has 18 nitrogen and oxygen atoms in total. The highest BCUT2D eigenvalue weighted by Gasteiger charge is 2.41. The number of ether oxygens (including phenoxy) is 4. The summed E-state index contributed by atoms with van der Waals surface area (Å²) < 4.78 is 24.2. The maximum atomic E-state index is 14.8. The molecule has 4 aromatic carbocycles. The summed E-state index contributed by atoms with van der Waals surface area (Å²) in [5.74, 6) is -1.46. The molecule has 0 aliphatic carbocycles. The van der Waals surface area contributed by atoms with Gasteiger partial charge in [0.1, 0.15) is 25.3 Å². The molecule has 4 N–H and O–H groups in total. The Balaban J connectivity index is 1.11. The van der Waals surface area contributed by atoms with E-state index in [2.05, 4.69) is 21.3 Å². The van der Waals surface area contributed by atoms with E-state index < -0.39 is 60.4 Å². The van der Waals surface area contributed by atoms with Gasteiger partial charge in [0.15, 0.2) is 0 Å². The van der Waals surface area contributed by atoms with Crippen LogP contribution in [0.25, 0.3) is 0 Å². The van der Waals surface area contributed by atoms with Crippen molar-refractivity contribution in [2.75, 3.05) is 66.6 Å². The summed E-state index contributed by atoms with van der Waals surface area (Å²) in [5, 5.41) is 11.7. The zero-order valence-corrected chi connectivity index (χ0v) is 46.4. The standard InChI is InChI=1S/C60H82N8O10/c1-43(61-5)55(69)63-53(57(71)67-33-19-29-51(67)39-65(35-31-47-21-11-7-12-22-47)59(73)77-41-49-25-15-9-16-26-49)45(3)75-37-38-76-46(4)54(64-56(70)44(2)62-6)58(72)68-34-20-30-52(68)40-66(36-32-48-23-13-8-14-24-48)60(74)78-42-50-27-17-10-18-28-50/h7-18,21-28,43-46,51-54,61-62H,19-20,29-42H2,1-6H3,(H,63,69)(H,64,70)/t43-,44-,45+,46+,51-,52-,53-,54-/m0/s1. The van der Waals surface area contributed by atoms with Crippen molar-refractivity contribution in [2.45, 2.75) is 128 Å². The molecule has 422 valence electrons. The Kier molecular flexibility index (Phi) is 24.4. The van der Waals surface area contributed by atoms with Gasteiger partial charge in [-0.3, -0.25) is 19.2 Å². The maximum absolute atomic E-state index is 14.8. The highest BCUT2D eigenvalue weighted by Crippen LogP contribution is 2.24. The lowest BCUT2D eigenvalue weighted by Gasteiger charge is -2.35. The lowest BCUT2D eigenvalue weighted by molar-refractivity contribution is -0.144. The predicted octanol–water partition coefficient (Wildman–Crippen LogP) is 5.73.